The molecule has 0 unspecified atom stereocenters. The molecular weight excluding hydrogens is 541 g/mol. The van der Waals surface area contributed by atoms with Crippen molar-refractivity contribution < 1.29 is 42.7 Å². The van der Waals surface area contributed by atoms with Crippen LogP contribution in [0.1, 0.15) is 66.7 Å². The summed E-state index contributed by atoms with van der Waals surface area (Å²) in [6, 6.07) is 2.87. The minimum atomic E-state index is -3.38. The molecule has 1 rings (SSSR count). The van der Waals surface area contributed by atoms with Crippen LogP contribution in [0, 0.1) is 0 Å². The van der Waals surface area contributed by atoms with E-state index in [-0.39, 0.29) is 0 Å². The van der Waals surface area contributed by atoms with E-state index in [0.717, 1.165) is 32.1 Å². The van der Waals surface area contributed by atoms with Crippen LogP contribution in [0.5, 0.6) is 0 Å². The van der Waals surface area contributed by atoms with Crippen LogP contribution in [0.4, 0.5) is 0 Å². The van der Waals surface area contributed by atoms with Crippen LogP contribution in [-0.4, -0.2) is 79.6 Å². The van der Waals surface area contributed by atoms with E-state index in [2.05, 4.69) is 34.6 Å². The zero-order valence-corrected chi connectivity index (χ0v) is 28.7. The van der Waals surface area contributed by atoms with Gasteiger partial charge in [-0.25, -0.2) is 0 Å². The Kier molecular flexibility index (Phi) is 14.8. The normalized spacial score (nSPS) is 36.9. The highest BCUT2D eigenvalue weighted by molar-refractivity contribution is 6.89. The van der Waals surface area contributed by atoms with Gasteiger partial charge in [0.1, 0.15) is 0 Å². The molecule has 0 amide bonds. The van der Waals surface area contributed by atoms with E-state index in [1.165, 1.54) is 0 Å². The average molecular weight is 591 g/mol. The monoisotopic (exact) mass is 590 g/mol. The van der Waals surface area contributed by atoms with E-state index in [1.54, 1.807) is 35.5 Å². The van der Waals surface area contributed by atoms with Gasteiger partial charge in [-0.2, -0.15) is 0 Å². The van der Waals surface area contributed by atoms with Crippen molar-refractivity contribution in [1.82, 2.24) is 0 Å². The summed E-state index contributed by atoms with van der Waals surface area (Å²) in [5, 5.41) is 0. The van der Waals surface area contributed by atoms with E-state index < -0.39 is 44.0 Å². The SMILES string of the molecule is CCC[Si]1(OC)O[Si](CCC)(OC)O[Si](CCC)(OC)O[Si](CCC)(OC)O[Si](CCC)(OC)O1. The molecular formula is C20H50O10Si5. The molecule has 0 spiro atoms. The van der Waals surface area contributed by atoms with E-state index in [9.17, 15) is 0 Å². The maximum Gasteiger partial charge on any atom is 0.485 e. The molecule has 210 valence electrons. The largest absolute Gasteiger partial charge is 0.485 e. The zero-order chi connectivity index (χ0) is 26.6. The highest BCUT2D eigenvalue weighted by Gasteiger charge is 2.66. The Bertz CT molecular complexity index is 477. The van der Waals surface area contributed by atoms with Crippen molar-refractivity contribution in [2.75, 3.05) is 35.5 Å². The third-order valence-corrected chi connectivity index (χ3v) is 27.0. The van der Waals surface area contributed by atoms with Gasteiger partial charge in [0, 0.05) is 65.8 Å². The van der Waals surface area contributed by atoms with Crippen LogP contribution < -0.4 is 0 Å². The molecule has 0 atom stereocenters. The van der Waals surface area contributed by atoms with Crippen LogP contribution >= 0.6 is 0 Å². The van der Waals surface area contributed by atoms with Crippen molar-refractivity contribution in [3.63, 3.8) is 0 Å². The highest BCUT2D eigenvalue weighted by atomic mass is 28.6. The zero-order valence-electron chi connectivity index (χ0n) is 23.7. The van der Waals surface area contributed by atoms with Gasteiger partial charge < -0.3 is 42.7 Å². The van der Waals surface area contributed by atoms with Crippen molar-refractivity contribution in [3.8, 4) is 0 Å². The van der Waals surface area contributed by atoms with Gasteiger partial charge in [0.25, 0.3) is 0 Å². The Hall–Kier alpha value is 0.684. The lowest BCUT2D eigenvalue weighted by Crippen LogP contribution is -2.72. The molecule has 0 radical (unpaired) electrons. The van der Waals surface area contributed by atoms with E-state index in [1.807, 2.05) is 0 Å². The number of hydrogen-bond acceptors (Lipinski definition) is 10. The minimum Gasteiger partial charge on any atom is -0.378 e. The first kappa shape index (κ1) is 33.7. The van der Waals surface area contributed by atoms with Crippen molar-refractivity contribution in [3.05, 3.63) is 0 Å². The van der Waals surface area contributed by atoms with Crippen molar-refractivity contribution in [1.29, 1.82) is 0 Å². The molecule has 0 N–H and O–H groups in total. The molecule has 0 saturated carbocycles. The minimum absolute atomic E-state index is 0.575. The quantitative estimate of drug-likeness (QED) is 0.241. The summed E-state index contributed by atoms with van der Waals surface area (Å²) in [5.74, 6) is 0. The van der Waals surface area contributed by atoms with Gasteiger partial charge in [-0.1, -0.05) is 66.7 Å². The van der Waals surface area contributed by atoms with Crippen LogP contribution in [0.2, 0.25) is 30.2 Å². The first-order chi connectivity index (χ1) is 16.6. The Morgan fingerprint density at radius 2 is 0.486 bits per heavy atom. The second-order valence-corrected chi connectivity index (χ2v) is 24.1. The van der Waals surface area contributed by atoms with E-state index in [0.29, 0.717) is 30.2 Å². The van der Waals surface area contributed by atoms with Gasteiger partial charge in [-0.15, -0.1) is 0 Å². The third kappa shape index (κ3) is 8.59. The van der Waals surface area contributed by atoms with Gasteiger partial charge in [0.2, 0.25) is 0 Å². The van der Waals surface area contributed by atoms with Crippen molar-refractivity contribution >= 4 is 44.0 Å². The molecule has 35 heavy (non-hydrogen) atoms. The summed E-state index contributed by atoms with van der Waals surface area (Å²) in [4.78, 5) is 0. The Balaban J connectivity index is 3.96. The molecule has 1 saturated heterocycles. The van der Waals surface area contributed by atoms with Gasteiger partial charge >= 0.3 is 44.0 Å². The highest BCUT2D eigenvalue weighted by Crippen LogP contribution is 2.40. The number of rotatable bonds is 15. The molecule has 1 aliphatic heterocycles. The molecule has 0 aliphatic carbocycles. The van der Waals surface area contributed by atoms with Crippen LogP contribution in [0.25, 0.3) is 0 Å². The van der Waals surface area contributed by atoms with Gasteiger partial charge in [-0.3, -0.25) is 0 Å². The van der Waals surface area contributed by atoms with Crippen molar-refractivity contribution in [2.45, 2.75) is 96.9 Å². The van der Waals surface area contributed by atoms with E-state index >= 15 is 0 Å². The van der Waals surface area contributed by atoms with E-state index in [4.69, 9.17) is 42.7 Å². The Morgan fingerprint density at radius 3 is 0.571 bits per heavy atom. The topological polar surface area (TPSA) is 92.3 Å². The second kappa shape index (κ2) is 15.3. The van der Waals surface area contributed by atoms with Crippen molar-refractivity contribution in [2.24, 2.45) is 0 Å². The Labute approximate surface area is 219 Å². The molecule has 10 nitrogen and oxygen atoms in total. The molecule has 0 bridgehead atoms. The molecule has 1 heterocycles. The summed E-state index contributed by atoms with van der Waals surface area (Å²) < 4.78 is 65.0. The molecule has 15 heteroatoms. The fourth-order valence-electron chi connectivity index (χ4n) is 4.26. The average Bonchev–Trinajstić information content (AvgIpc) is 2.84. The lowest BCUT2D eigenvalue weighted by molar-refractivity contribution is 0.0367. The molecule has 1 aliphatic rings. The molecule has 1 fully saturated rings. The first-order valence-corrected chi connectivity index (χ1v) is 22.6. The van der Waals surface area contributed by atoms with Crippen LogP contribution in [0.3, 0.4) is 0 Å². The predicted molar refractivity (Wildman–Crippen MR) is 145 cm³/mol. The standard InChI is InChI=1S/C20H50O10Si5/c1-11-16-31(21-6)26-32(22-7,17-12-2)28-34(24-9,19-14-4)30-35(25-10,20-15-5)29-33(23-8,27-31)18-13-3/h11-20H2,1-10H3. The lowest BCUT2D eigenvalue weighted by Gasteiger charge is -2.49. The fourth-order valence-corrected chi connectivity index (χ4v) is 27.9. The van der Waals surface area contributed by atoms with Gasteiger partial charge in [0.15, 0.2) is 0 Å². The maximum atomic E-state index is 6.86. The maximum absolute atomic E-state index is 6.86. The summed E-state index contributed by atoms with van der Waals surface area (Å²) in [5.41, 5.74) is 0. The lowest BCUT2D eigenvalue weighted by atomic mass is 10.6. The summed E-state index contributed by atoms with van der Waals surface area (Å²) >= 11 is 0. The fraction of sp³-hybridized carbons (Fsp3) is 1.00. The van der Waals surface area contributed by atoms with Crippen LogP contribution in [0.15, 0.2) is 0 Å². The summed E-state index contributed by atoms with van der Waals surface area (Å²) in [7, 11) is -8.73. The predicted octanol–water partition coefficient (Wildman–Crippen LogP) is 5.06. The van der Waals surface area contributed by atoms with Gasteiger partial charge in [0.05, 0.1) is 0 Å². The summed E-state index contributed by atoms with van der Waals surface area (Å²) in [6.07, 6.45) is 3.96. The molecule has 0 aromatic carbocycles. The smallest absolute Gasteiger partial charge is 0.378 e. The molecule has 0 aromatic rings. The summed E-state index contributed by atoms with van der Waals surface area (Å²) in [6.45, 7) is 10.4. The Morgan fingerprint density at radius 1 is 0.343 bits per heavy atom. The molecule has 0 aromatic heterocycles. The first-order valence-electron chi connectivity index (χ1n) is 12.9. The second-order valence-electron chi connectivity index (χ2n) is 8.70. The van der Waals surface area contributed by atoms with Crippen LogP contribution in [-0.2, 0) is 42.7 Å². The van der Waals surface area contributed by atoms with Gasteiger partial charge in [-0.05, 0) is 0 Å². The number of hydrogen-bond donors (Lipinski definition) is 0. The third-order valence-electron chi connectivity index (χ3n) is 5.89.